The largest absolute Gasteiger partial charge is 0.425 e. The number of guanidine groups is 1. The zero-order chi connectivity index (χ0) is 21.5. The molecule has 0 fully saturated rings. The zero-order valence-electron chi connectivity index (χ0n) is 18.1. The minimum atomic E-state index is -0.778. The maximum atomic E-state index is 12.2. The second kappa shape index (κ2) is 9.55. The number of nitrogens with zero attached hydrogens (tertiary/aromatic N) is 1. The molecule has 2 rings (SSSR count). The molecule has 0 unspecified atom stereocenters. The van der Waals surface area contributed by atoms with Crippen molar-refractivity contribution in [2.75, 3.05) is 7.05 Å². The van der Waals surface area contributed by atoms with Crippen LogP contribution < -0.4 is 21.5 Å². The van der Waals surface area contributed by atoms with E-state index in [1.165, 1.54) is 6.42 Å². The van der Waals surface area contributed by atoms with E-state index in [1.807, 2.05) is 24.3 Å². The standard InChI is InChI=1S/C16H20N4O2.C6H14/c1-16(2,19-3)14(21)22-13-9-8-12(20-15(17)18)10-6-4-5-7-11(10)13;1-5-6(2,3)4/h4-9,19H,1-3H3,(H4,17,18,20);5H2,1-4H3. The first kappa shape index (κ1) is 23.4. The molecule has 5 N–H and O–H groups in total. The minimum Gasteiger partial charge on any atom is -0.425 e. The van der Waals surface area contributed by atoms with Crippen LogP contribution in [0.2, 0.25) is 0 Å². The summed E-state index contributed by atoms with van der Waals surface area (Å²) >= 11 is 0. The monoisotopic (exact) mass is 386 g/mol. The van der Waals surface area contributed by atoms with Gasteiger partial charge in [-0.3, -0.25) is 0 Å². The third kappa shape index (κ3) is 6.85. The van der Waals surface area contributed by atoms with Gasteiger partial charge >= 0.3 is 5.97 Å². The number of nitrogens with two attached hydrogens (primary N) is 2. The fourth-order valence-electron chi connectivity index (χ4n) is 1.91. The normalized spacial score (nSPS) is 11.4. The Morgan fingerprint density at radius 3 is 2.04 bits per heavy atom. The van der Waals surface area contributed by atoms with Gasteiger partial charge in [-0.2, -0.15) is 0 Å². The van der Waals surface area contributed by atoms with E-state index >= 15 is 0 Å². The Balaban J connectivity index is 0.000000568. The van der Waals surface area contributed by atoms with Crippen molar-refractivity contribution in [3.63, 3.8) is 0 Å². The van der Waals surface area contributed by atoms with Gasteiger partial charge in [0.2, 0.25) is 0 Å². The van der Waals surface area contributed by atoms with Gasteiger partial charge in [-0.1, -0.05) is 58.4 Å². The van der Waals surface area contributed by atoms with E-state index in [1.54, 1.807) is 33.0 Å². The maximum Gasteiger partial charge on any atom is 0.331 e. The number of benzene rings is 2. The molecule has 0 saturated carbocycles. The van der Waals surface area contributed by atoms with Gasteiger partial charge in [0.25, 0.3) is 0 Å². The first-order valence-corrected chi connectivity index (χ1v) is 9.44. The highest BCUT2D eigenvalue weighted by Gasteiger charge is 2.28. The number of ether oxygens (including phenoxy) is 1. The van der Waals surface area contributed by atoms with Gasteiger partial charge in [-0.15, -0.1) is 0 Å². The Hall–Kier alpha value is -2.60. The number of esters is 1. The Kier molecular flexibility index (Phi) is 8.00. The van der Waals surface area contributed by atoms with E-state index in [0.29, 0.717) is 16.9 Å². The summed E-state index contributed by atoms with van der Waals surface area (Å²) in [4.78, 5) is 16.3. The van der Waals surface area contributed by atoms with Crippen molar-refractivity contribution >= 4 is 28.4 Å². The Bertz CT molecular complexity index is 832. The number of rotatable bonds is 4. The summed E-state index contributed by atoms with van der Waals surface area (Å²) in [6.07, 6.45) is 1.27. The van der Waals surface area contributed by atoms with Crippen molar-refractivity contribution < 1.29 is 9.53 Å². The van der Waals surface area contributed by atoms with Crippen LogP contribution in [-0.4, -0.2) is 24.5 Å². The van der Waals surface area contributed by atoms with Gasteiger partial charge in [-0.05, 0) is 38.4 Å². The lowest BCUT2D eigenvalue weighted by atomic mass is 9.94. The second-order valence-electron chi connectivity index (χ2n) is 8.34. The van der Waals surface area contributed by atoms with E-state index < -0.39 is 5.54 Å². The van der Waals surface area contributed by atoms with Crippen LogP contribution in [0.4, 0.5) is 5.69 Å². The molecule has 2 aromatic carbocycles. The highest BCUT2D eigenvalue weighted by molar-refractivity contribution is 6.00. The molecule has 6 nitrogen and oxygen atoms in total. The molecule has 0 radical (unpaired) electrons. The van der Waals surface area contributed by atoms with E-state index in [4.69, 9.17) is 16.2 Å². The van der Waals surface area contributed by atoms with Gasteiger partial charge < -0.3 is 21.5 Å². The molecule has 0 aromatic heterocycles. The van der Waals surface area contributed by atoms with Gasteiger partial charge in [-0.25, -0.2) is 9.79 Å². The minimum absolute atomic E-state index is 0.0220. The molecule has 2 aromatic rings. The summed E-state index contributed by atoms with van der Waals surface area (Å²) in [5.41, 5.74) is 11.3. The Morgan fingerprint density at radius 1 is 1.04 bits per heavy atom. The molecular weight excluding hydrogens is 352 g/mol. The summed E-state index contributed by atoms with van der Waals surface area (Å²) in [6.45, 7) is 12.4. The third-order valence-corrected chi connectivity index (χ3v) is 4.51. The summed E-state index contributed by atoms with van der Waals surface area (Å²) in [5, 5.41) is 4.49. The molecule has 0 aliphatic carbocycles. The Labute approximate surface area is 168 Å². The van der Waals surface area contributed by atoms with Crippen molar-refractivity contribution in [3.05, 3.63) is 36.4 Å². The van der Waals surface area contributed by atoms with E-state index in [2.05, 4.69) is 38.0 Å². The lowest BCUT2D eigenvalue weighted by Gasteiger charge is -2.22. The molecule has 0 spiro atoms. The number of hydrogen-bond donors (Lipinski definition) is 3. The van der Waals surface area contributed by atoms with E-state index in [9.17, 15) is 4.79 Å². The lowest BCUT2D eigenvalue weighted by Crippen LogP contribution is -2.47. The number of likely N-dealkylation sites (N-methyl/N-ethyl adjacent to an activating group) is 1. The number of carbonyl (C=O) groups excluding carboxylic acids is 1. The second-order valence-corrected chi connectivity index (χ2v) is 8.34. The van der Waals surface area contributed by atoms with Crippen molar-refractivity contribution in [2.45, 2.75) is 53.5 Å². The van der Waals surface area contributed by atoms with E-state index in [0.717, 1.165) is 10.8 Å². The topological polar surface area (TPSA) is 103 Å². The molecule has 28 heavy (non-hydrogen) atoms. The van der Waals surface area contributed by atoms with Crippen molar-refractivity contribution in [1.29, 1.82) is 0 Å². The van der Waals surface area contributed by atoms with Crippen LogP contribution in [0, 0.1) is 5.41 Å². The fraction of sp³-hybridized carbons (Fsp3) is 0.455. The van der Waals surface area contributed by atoms with Gasteiger partial charge in [0.1, 0.15) is 11.3 Å². The van der Waals surface area contributed by atoms with Crippen LogP contribution in [0.5, 0.6) is 5.75 Å². The first-order chi connectivity index (χ1) is 12.9. The molecule has 0 atom stereocenters. The number of nitrogens with one attached hydrogen (secondary N) is 1. The number of fused-ring (bicyclic) bond motifs is 1. The fourth-order valence-corrected chi connectivity index (χ4v) is 1.91. The van der Waals surface area contributed by atoms with Crippen molar-refractivity contribution in [1.82, 2.24) is 5.32 Å². The third-order valence-electron chi connectivity index (χ3n) is 4.51. The van der Waals surface area contributed by atoms with E-state index in [-0.39, 0.29) is 11.9 Å². The van der Waals surface area contributed by atoms with Gasteiger partial charge in [0.15, 0.2) is 5.96 Å². The summed E-state index contributed by atoms with van der Waals surface area (Å²) in [6, 6.07) is 10.9. The Morgan fingerprint density at radius 2 is 1.57 bits per heavy atom. The average Bonchev–Trinajstić information content (AvgIpc) is 2.63. The number of carbonyl (C=O) groups is 1. The molecule has 0 aliphatic rings. The molecule has 6 heteroatoms. The molecule has 0 heterocycles. The molecule has 154 valence electrons. The summed E-state index contributed by atoms with van der Waals surface area (Å²) in [5.74, 6) is 0.0828. The highest BCUT2D eigenvalue weighted by atomic mass is 16.5. The van der Waals surface area contributed by atoms with Gasteiger partial charge in [0.05, 0.1) is 5.69 Å². The predicted molar refractivity (Wildman–Crippen MR) is 118 cm³/mol. The highest BCUT2D eigenvalue weighted by Crippen LogP contribution is 2.33. The quantitative estimate of drug-likeness (QED) is 0.318. The lowest BCUT2D eigenvalue weighted by molar-refractivity contribution is -0.140. The van der Waals surface area contributed by atoms with Crippen LogP contribution in [0.1, 0.15) is 48.0 Å². The average molecular weight is 387 g/mol. The maximum absolute atomic E-state index is 12.2. The first-order valence-electron chi connectivity index (χ1n) is 9.44. The van der Waals surface area contributed by atoms with Crippen LogP contribution in [0.15, 0.2) is 41.4 Å². The predicted octanol–water partition coefficient (Wildman–Crippen LogP) is 4.09. The molecule has 0 amide bonds. The summed E-state index contributed by atoms with van der Waals surface area (Å²) < 4.78 is 5.53. The van der Waals surface area contributed by atoms with Gasteiger partial charge in [0, 0.05) is 10.8 Å². The molecule has 0 aliphatic heterocycles. The van der Waals surface area contributed by atoms with Crippen LogP contribution >= 0.6 is 0 Å². The van der Waals surface area contributed by atoms with Crippen molar-refractivity contribution in [3.8, 4) is 5.75 Å². The van der Waals surface area contributed by atoms with Crippen LogP contribution in [0.3, 0.4) is 0 Å². The number of hydrogen-bond acceptors (Lipinski definition) is 4. The molecular formula is C22H34N4O2. The SMILES string of the molecule is CCC(C)(C)C.CNC(C)(C)C(=O)Oc1ccc(N=C(N)N)c2ccccc12. The van der Waals surface area contributed by atoms with Crippen molar-refractivity contribution in [2.24, 2.45) is 21.9 Å². The number of aliphatic imine (C=N–C) groups is 1. The van der Waals surface area contributed by atoms with Crippen LogP contribution in [0.25, 0.3) is 10.8 Å². The molecule has 0 bridgehead atoms. The smallest absolute Gasteiger partial charge is 0.331 e. The molecule has 0 saturated heterocycles. The van der Waals surface area contributed by atoms with Crippen LogP contribution in [-0.2, 0) is 4.79 Å². The zero-order valence-corrected chi connectivity index (χ0v) is 18.1. The summed E-state index contributed by atoms with van der Waals surface area (Å²) in [7, 11) is 1.71.